The van der Waals surface area contributed by atoms with Gasteiger partial charge in [0.1, 0.15) is 6.54 Å². The summed E-state index contributed by atoms with van der Waals surface area (Å²) in [5.74, 6) is 0.0430. The summed E-state index contributed by atoms with van der Waals surface area (Å²) >= 11 is 3.41. The minimum atomic E-state index is 0.0430. The number of quaternary nitrogens is 1. The largest absolute Gasteiger partial charge is 0.326 e. The maximum atomic E-state index is 12.2. The maximum Gasteiger partial charge on any atom is 0.279 e. The van der Waals surface area contributed by atoms with Crippen molar-refractivity contribution in [1.82, 2.24) is 0 Å². The van der Waals surface area contributed by atoms with Crippen LogP contribution in [0.1, 0.15) is 5.56 Å². The highest BCUT2D eigenvalue weighted by atomic mass is 32.2. The zero-order valence-corrected chi connectivity index (χ0v) is 15.4. The van der Waals surface area contributed by atoms with Crippen LogP contribution in [-0.4, -0.2) is 32.0 Å². The van der Waals surface area contributed by atoms with Crippen molar-refractivity contribution in [3.63, 3.8) is 0 Å². The molecule has 3 nitrogen and oxygen atoms in total. The highest BCUT2D eigenvalue weighted by Gasteiger charge is 2.11. The number of carbonyl (C=O) groups is 1. The first-order valence-corrected chi connectivity index (χ1v) is 9.94. The third kappa shape index (κ3) is 5.94. The van der Waals surface area contributed by atoms with Gasteiger partial charge in [0.15, 0.2) is 6.54 Å². The number of thioether (sulfide) groups is 2. The van der Waals surface area contributed by atoms with Crippen LogP contribution in [0, 0.1) is 0 Å². The van der Waals surface area contributed by atoms with Crippen molar-refractivity contribution in [2.24, 2.45) is 0 Å². The molecule has 5 heteroatoms. The van der Waals surface area contributed by atoms with Gasteiger partial charge in [-0.1, -0.05) is 18.2 Å². The Morgan fingerprint density at radius 3 is 2.39 bits per heavy atom. The van der Waals surface area contributed by atoms with Crippen LogP contribution >= 0.6 is 23.5 Å². The average Bonchev–Trinajstić information content (AvgIpc) is 2.55. The molecule has 0 spiro atoms. The molecule has 2 N–H and O–H groups in total. The summed E-state index contributed by atoms with van der Waals surface area (Å²) in [5, 5.41) is 2.98. The minimum Gasteiger partial charge on any atom is -0.326 e. The number of carbonyl (C=O) groups excluding carboxylic acids is 1. The van der Waals surface area contributed by atoms with Crippen LogP contribution in [-0.2, 0) is 11.3 Å². The fourth-order valence-corrected chi connectivity index (χ4v) is 3.20. The van der Waals surface area contributed by atoms with E-state index >= 15 is 0 Å². The SMILES string of the molecule is CSc1ccc(C[NH+](C)CC(=O)Nc2cccc(SC)c2)cc1. The van der Waals surface area contributed by atoms with E-state index in [2.05, 4.69) is 35.8 Å². The van der Waals surface area contributed by atoms with E-state index in [1.807, 2.05) is 37.6 Å². The third-order valence-corrected chi connectivity index (χ3v) is 4.95. The van der Waals surface area contributed by atoms with Gasteiger partial charge in [-0.05, 0) is 42.8 Å². The standard InChI is InChI=1S/C18H22N2OS2/c1-20(12-14-7-9-16(22-2)10-8-14)13-18(21)19-15-5-4-6-17(11-15)23-3/h4-11H,12-13H2,1-3H3,(H,19,21)/p+1. The highest BCUT2D eigenvalue weighted by Crippen LogP contribution is 2.18. The van der Waals surface area contributed by atoms with Crippen molar-refractivity contribution < 1.29 is 9.69 Å². The molecular weight excluding hydrogens is 324 g/mol. The first-order valence-electron chi connectivity index (χ1n) is 7.49. The molecule has 1 unspecified atom stereocenters. The van der Waals surface area contributed by atoms with Gasteiger partial charge in [0.25, 0.3) is 5.91 Å². The van der Waals surface area contributed by atoms with E-state index in [4.69, 9.17) is 0 Å². The molecular formula is C18H23N2OS2+. The molecule has 0 aliphatic carbocycles. The molecule has 0 fully saturated rings. The number of anilines is 1. The molecule has 0 heterocycles. The Bertz CT molecular complexity index is 644. The average molecular weight is 348 g/mol. The van der Waals surface area contributed by atoms with Crippen molar-refractivity contribution in [2.75, 3.05) is 31.4 Å². The van der Waals surface area contributed by atoms with Gasteiger partial charge in [0, 0.05) is 21.0 Å². The smallest absolute Gasteiger partial charge is 0.279 e. The summed E-state index contributed by atoms with van der Waals surface area (Å²) in [6.45, 7) is 1.29. The molecule has 2 rings (SSSR count). The molecule has 0 saturated carbocycles. The normalized spacial score (nSPS) is 12.0. The second kappa shape index (κ2) is 9.01. The fourth-order valence-electron chi connectivity index (χ4n) is 2.33. The topological polar surface area (TPSA) is 33.5 Å². The fraction of sp³-hybridized carbons (Fsp3) is 0.278. The molecule has 2 aromatic carbocycles. The van der Waals surface area contributed by atoms with Gasteiger partial charge in [0.05, 0.1) is 7.05 Å². The van der Waals surface area contributed by atoms with Gasteiger partial charge in [-0.2, -0.15) is 0 Å². The number of likely N-dealkylation sites (N-methyl/N-ethyl adjacent to an activating group) is 1. The van der Waals surface area contributed by atoms with Gasteiger partial charge in [-0.3, -0.25) is 4.79 Å². The van der Waals surface area contributed by atoms with Crippen LogP contribution in [0.15, 0.2) is 58.3 Å². The number of rotatable bonds is 7. The van der Waals surface area contributed by atoms with E-state index in [0.717, 1.165) is 17.1 Å². The van der Waals surface area contributed by atoms with Crippen LogP contribution in [0.4, 0.5) is 5.69 Å². The minimum absolute atomic E-state index is 0.0430. The predicted octanol–water partition coefficient (Wildman–Crippen LogP) is 2.78. The van der Waals surface area contributed by atoms with E-state index < -0.39 is 0 Å². The predicted molar refractivity (Wildman–Crippen MR) is 101 cm³/mol. The lowest BCUT2D eigenvalue weighted by atomic mass is 10.2. The van der Waals surface area contributed by atoms with E-state index in [9.17, 15) is 4.79 Å². The summed E-state index contributed by atoms with van der Waals surface area (Å²) in [6, 6.07) is 16.4. The molecule has 0 radical (unpaired) electrons. The van der Waals surface area contributed by atoms with Crippen molar-refractivity contribution in [3.8, 4) is 0 Å². The Morgan fingerprint density at radius 1 is 1.04 bits per heavy atom. The van der Waals surface area contributed by atoms with Gasteiger partial charge < -0.3 is 10.2 Å². The van der Waals surface area contributed by atoms with Crippen LogP contribution in [0.25, 0.3) is 0 Å². The van der Waals surface area contributed by atoms with Crippen molar-refractivity contribution >= 4 is 35.1 Å². The van der Waals surface area contributed by atoms with Crippen LogP contribution in [0.5, 0.6) is 0 Å². The van der Waals surface area contributed by atoms with Crippen LogP contribution in [0.2, 0.25) is 0 Å². The molecule has 0 aliphatic heterocycles. The lowest BCUT2D eigenvalue weighted by Crippen LogP contribution is -3.08. The summed E-state index contributed by atoms with van der Waals surface area (Å²) in [5.41, 5.74) is 2.11. The molecule has 122 valence electrons. The highest BCUT2D eigenvalue weighted by molar-refractivity contribution is 7.98. The van der Waals surface area contributed by atoms with E-state index in [0.29, 0.717) is 6.54 Å². The van der Waals surface area contributed by atoms with E-state index in [1.165, 1.54) is 15.4 Å². The second-order valence-electron chi connectivity index (χ2n) is 5.44. The van der Waals surface area contributed by atoms with Crippen molar-refractivity contribution in [3.05, 3.63) is 54.1 Å². The molecule has 0 aliphatic rings. The number of amides is 1. The van der Waals surface area contributed by atoms with E-state index in [1.54, 1.807) is 23.5 Å². The van der Waals surface area contributed by atoms with Crippen LogP contribution in [0.3, 0.4) is 0 Å². The van der Waals surface area contributed by atoms with Gasteiger partial charge in [-0.25, -0.2) is 0 Å². The third-order valence-electron chi connectivity index (χ3n) is 3.48. The van der Waals surface area contributed by atoms with Crippen molar-refractivity contribution in [1.29, 1.82) is 0 Å². The number of hydrogen-bond donors (Lipinski definition) is 2. The molecule has 2 aromatic rings. The molecule has 0 aromatic heterocycles. The Balaban J connectivity index is 1.86. The van der Waals surface area contributed by atoms with Crippen LogP contribution < -0.4 is 10.2 Å². The first kappa shape index (κ1) is 17.9. The number of nitrogens with one attached hydrogen (secondary N) is 2. The maximum absolute atomic E-state index is 12.2. The quantitative estimate of drug-likeness (QED) is 0.756. The Morgan fingerprint density at radius 2 is 1.74 bits per heavy atom. The number of hydrogen-bond acceptors (Lipinski definition) is 3. The van der Waals surface area contributed by atoms with Gasteiger partial charge >= 0.3 is 0 Å². The zero-order chi connectivity index (χ0) is 16.7. The summed E-state index contributed by atoms with van der Waals surface area (Å²) in [7, 11) is 2.04. The lowest BCUT2D eigenvalue weighted by Gasteiger charge is -2.14. The first-order chi connectivity index (χ1) is 11.1. The summed E-state index contributed by atoms with van der Waals surface area (Å²) < 4.78 is 0. The van der Waals surface area contributed by atoms with Gasteiger partial charge in [-0.15, -0.1) is 23.5 Å². The Labute approximate surface area is 146 Å². The molecule has 0 saturated heterocycles. The molecule has 0 bridgehead atoms. The van der Waals surface area contributed by atoms with E-state index in [-0.39, 0.29) is 5.91 Å². The monoisotopic (exact) mass is 347 g/mol. The molecule has 23 heavy (non-hydrogen) atoms. The summed E-state index contributed by atoms with van der Waals surface area (Å²) in [6.07, 6.45) is 4.10. The Hall–Kier alpha value is -1.43. The Kier molecular flexibility index (Phi) is 7.02. The van der Waals surface area contributed by atoms with Crippen molar-refractivity contribution in [2.45, 2.75) is 16.3 Å². The zero-order valence-electron chi connectivity index (χ0n) is 13.8. The molecule has 1 amide bonds. The molecule has 1 atom stereocenters. The van der Waals surface area contributed by atoms with Gasteiger partial charge in [0.2, 0.25) is 0 Å². The lowest BCUT2D eigenvalue weighted by molar-refractivity contribution is -0.885. The number of benzene rings is 2. The second-order valence-corrected chi connectivity index (χ2v) is 7.20. The summed E-state index contributed by atoms with van der Waals surface area (Å²) in [4.78, 5) is 15.8.